The highest BCUT2D eigenvalue weighted by molar-refractivity contribution is 5.86. The van der Waals surface area contributed by atoms with E-state index in [0.717, 1.165) is 49.0 Å². The molecule has 0 amide bonds. The van der Waals surface area contributed by atoms with Crippen LogP contribution in [0.2, 0.25) is 0 Å². The van der Waals surface area contributed by atoms with Gasteiger partial charge < -0.3 is 25.0 Å². The number of aromatic hydroxyl groups is 1. The molecule has 2 aromatic heterocycles. The average Bonchev–Trinajstić information content (AvgIpc) is 3.67. The van der Waals surface area contributed by atoms with Gasteiger partial charge in [-0.25, -0.2) is 0 Å². The number of allylic oxidation sites excluding steroid dienone is 1. The summed E-state index contributed by atoms with van der Waals surface area (Å²) in [4.78, 5) is 16.1. The predicted octanol–water partition coefficient (Wildman–Crippen LogP) is 5.94. The van der Waals surface area contributed by atoms with Crippen LogP contribution in [0, 0.1) is 0 Å². The summed E-state index contributed by atoms with van der Waals surface area (Å²) >= 11 is 0. The van der Waals surface area contributed by atoms with E-state index in [1.165, 1.54) is 81.3 Å². The highest BCUT2D eigenvalue weighted by Crippen LogP contribution is 2.44. The van der Waals surface area contributed by atoms with Crippen molar-refractivity contribution >= 4 is 16.8 Å². The van der Waals surface area contributed by atoms with Crippen molar-refractivity contribution in [2.75, 3.05) is 40.4 Å². The molecule has 3 aromatic rings. The standard InChI is InChI=1S/C27H34N4O2.C4H6O.C2H7N/c32-24-6-2-1-5-21(24)23-17-22-25(18-7-9-20(10-8-18)31-13-3-4-14-31)26(28-27(22)30-29-23)19-11-15-33-16-12-19;1-3-4(2)5;1-3-2/h1-2,5-6,17-20,32H,3-4,7-16H2,(H,28,30);3H,1H2,2H3;3H,1-2H3. The van der Waals surface area contributed by atoms with Crippen LogP contribution in [-0.2, 0) is 9.53 Å². The lowest BCUT2D eigenvalue weighted by atomic mass is 9.78. The van der Waals surface area contributed by atoms with Gasteiger partial charge in [-0.1, -0.05) is 18.7 Å². The molecule has 222 valence electrons. The van der Waals surface area contributed by atoms with Gasteiger partial charge in [-0.05, 0) is 121 Å². The molecule has 8 nitrogen and oxygen atoms in total. The zero-order chi connectivity index (χ0) is 29.2. The lowest BCUT2D eigenvalue weighted by Gasteiger charge is -2.35. The first-order chi connectivity index (χ1) is 20.0. The number of likely N-dealkylation sites (tertiary alicyclic amines) is 1. The van der Waals surface area contributed by atoms with Gasteiger partial charge in [0.1, 0.15) is 5.75 Å². The number of hydrogen-bond acceptors (Lipinski definition) is 7. The Bertz CT molecular complexity index is 1270. The van der Waals surface area contributed by atoms with Crippen LogP contribution in [0.25, 0.3) is 22.3 Å². The van der Waals surface area contributed by atoms with Gasteiger partial charge in [0.15, 0.2) is 11.4 Å². The molecule has 0 spiro atoms. The van der Waals surface area contributed by atoms with Crippen molar-refractivity contribution in [3.05, 3.63) is 54.2 Å². The van der Waals surface area contributed by atoms with Crippen LogP contribution in [0.3, 0.4) is 0 Å². The molecule has 0 atom stereocenters. The Hall–Kier alpha value is -3.07. The van der Waals surface area contributed by atoms with Crippen molar-refractivity contribution in [3.8, 4) is 17.0 Å². The third kappa shape index (κ3) is 7.82. The molecule has 8 heteroatoms. The molecule has 1 aliphatic carbocycles. The smallest absolute Gasteiger partial charge is 0.160 e. The summed E-state index contributed by atoms with van der Waals surface area (Å²) in [6, 6.07) is 10.3. The molecule has 0 radical (unpaired) electrons. The van der Waals surface area contributed by atoms with E-state index < -0.39 is 0 Å². The van der Waals surface area contributed by atoms with Crippen LogP contribution >= 0.6 is 0 Å². The fraction of sp³-hybridized carbons (Fsp3) is 0.545. The fourth-order valence-electron chi connectivity index (χ4n) is 6.44. The Kier molecular flexibility index (Phi) is 11.5. The molecule has 0 unspecified atom stereocenters. The number of rotatable bonds is 5. The van der Waals surface area contributed by atoms with Crippen LogP contribution in [0.5, 0.6) is 5.75 Å². The lowest BCUT2D eigenvalue weighted by molar-refractivity contribution is -0.112. The molecule has 3 N–H and O–H groups in total. The minimum Gasteiger partial charge on any atom is -0.507 e. The van der Waals surface area contributed by atoms with Gasteiger partial charge in [0.25, 0.3) is 0 Å². The van der Waals surface area contributed by atoms with E-state index in [4.69, 9.17) is 4.74 Å². The van der Waals surface area contributed by atoms with Gasteiger partial charge in [0, 0.05) is 41.8 Å². The highest BCUT2D eigenvalue weighted by Gasteiger charge is 2.33. The molecular formula is C33H47N5O3. The summed E-state index contributed by atoms with van der Waals surface area (Å²) < 4.78 is 5.67. The van der Waals surface area contributed by atoms with Crippen LogP contribution in [-0.4, -0.2) is 77.4 Å². The fourth-order valence-corrected chi connectivity index (χ4v) is 6.44. The van der Waals surface area contributed by atoms with Gasteiger partial charge in [-0.3, -0.25) is 4.79 Å². The van der Waals surface area contributed by atoms with Gasteiger partial charge in [0.2, 0.25) is 0 Å². The number of benzene rings is 1. The van der Waals surface area contributed by atoms with E-state index in [1.54, 1.807) is 6.07 Å². The second-order valence-corrected chi connectivity index (χ2v) is 11.4. The van der Waals surface area contributed by atoms with Gasteiger partial charge in [-0.2, -0.15) is 0 Å². The topological polar surface area (TPSA) is 103 Å². The first-order valence-electron chi connectivity index (χ1n) is 15.2. The Labute approximate surface area is 244 Å². The van der Waals surface area contributed by atoms with E-state index in [0.29, 0.717) is 11.8 Å². The van der Waals surface area contributed by atoms with Crippen molar-refractivity contribution in [1.82, 2.24) is 25.4 Å². The number of aromatic nitrogens is 3. The summed E-state index contributed by atoms with van der Waals surface area (Å²) in [5.74, 6) is 1.31. The van der Waals surface area contributed by atoms with Crippen molar-refractivity contribution in [2.45, 2.75) is 76.2 Å². The Balaban J connectivity index is 0.000000432. The Morgan fingerprint density at radius 3 is 2.29 bits per heavy atom. The molecule has 2 aliphatic heterocycles. The molecule has 3 aliphatic rings. The van der Waals surface area contributed by atoms with E-state index in [1.807, 2.05) is 32.3 Å². The second-order valence-electron chi connectivity index (χ2n) is 11.4. The van der Waals surface area contributed by atoms with E-state index in [9.17, 15) is 9.90 Å². The number of aromatic amines is 1. The maximum Gasteiger partial charge on any atom is 0.160 e. The third-order valence-electron chi connectivity index (χ3n) is 8.49. The normalized spacial score (nSPS) is 21.4. The number of phenolic OH excluding ortho intramolecular Hbond substituents is 1. The van der Waals surface area contributed by atoms with Crippen LogP contribution in [0.4, 0.5) is 0 Å². The number of H-pyrrole nitrogens is 1. The molecule has 1 aromatic carbocycles. The summed E-state index contributed by atoms with van der Waals surface area (Å²) in [6.45, 7) is 8.91. The lowest BCUT2D eigenvalue weighted by Crippen LogP contribution is -2.35. The highest BCUT2D eigenvalue weighted by atomic mass is 16.5. The molecule has 6 rings (SSSR count). The minimum atomic E-state index is 0.0185. The SMILES string of the molecule is C=CC(C)=O.CNC.Oc1ccccc1-c1cc2c(C3CCC(N4CCCC4)CC3)c(C3CCOCC3)[nH]c2nn1. The largest absolute Gasteiger partial charge is 0.507 e. The minimum absolute atomic E-state index is 0.0185. The number of nitrogens with zero attached hydrogens (tertiary/aromatic N) is 3. The quantitative estimate of drug-likeness (QED) is 0.331. The number of ether oxygens (including phenoxy) is 1. The second kappa shape index (κ2) is 15.2. The zero-order valence-electron chi connectivity index (χ0n) is 25.0. The van der Waals surface area contributed by atoms with E-state index in [-0.39, 0.29) is 11.5 Å². The van der Waals surface area contributed by atoms with E-state index in [2.05, 4.69) is 38.0 Å². The van der Waals surface area contributed by atoms with E-state index >= 15 is 0 Å². The van der Waals surface area contributed by atoms with Gasteiger partial charge in [0.05, 0.1) is 5.69 Å². The number of phenols is 1. The van der Waals surface area contributed by atoms with Crippen molar-refractivity contribution < 1.29 is 14.6 Å². The first-order valence-corrected chi connectivity index (χ1v) is 15.2. The third-order valence-corrected chi connectivity index (χ3v) is 8.49. The molecule has 3 fully saturated rings. The first kappa shape index (κ1) is 30.9. The average molecular weight is 562 g/mol. The van der Waals surface area contributed by atoms with Crippen molar-refractivity contribution in [1.29, 1.82) is 0 Å². The van der Waals surface area contributed by atoms with Crippen LogP contribution < -0.4 is 5.32 Å². The number of para-hydroxylation sites is 1. The number of hydrogen-bond donors (Lipinski definition) is 3. The zero-order valence-corrected chi connectivity index (χ0v) is 25.0. The molecule has 1 saturated carbocycles. The Morgan fingerprint density at radius 2 is 1.68 bits per heavy atom. The van der Waals surface area contributed by atoms with Gasteiger partial charge in [-0.15, -0.1) is 10.2 Å². The number of carbonyl (C=O) groups is 1. The maximum absolute atomic E-state index is 10.4. The monoisotopic (exact) mass is 561 g/mol. The van der Waals surface area contributed by atoms with Gasteiger partial charge >= 0.3 is 0 Å². The van der Waals surface area contributed by atoms with Crippen LogP contribution in [0.15, 0.2) is 43.0 Å². The molecule has 0 bridgehead atoms. The van der Waals surface area contributed by atoms with Crippen molar-refractivity contribution in [2.24, 2.45) is 0 Å². The summed E-state index contributed by atoms with van der Waals surface area (Å²) in [5.41, 5.74) is 5.19. The number of carbonyl (C=O) groups excluding carboxylic acids is 1. The molecular weight excluding hydrogens is 514 g/mol. The van der Waals surface area contributed by atoms with Crippen LogP contribution in [0.1, 0.15) is 81.4 Å². The number of ketones is 1. The summed E-state index contributed by atoms with van der Waals surface area (Å²) in [7, 11) is 3.75. The Morgan fingerprint density at radius 1 is 1.05 bits per heavy atom. The molecule has 2 saturated heterocycles. The van der Waals surface area contributed by atoms with Crippen molar-refractivity contribution in [3.63, 3.8) is 0 Å². The summed E-state index contributed by atoms with van der Waals surface area (Å²) in [6.07, 6.45) is 11.2. The predicted molar refractivity (Wildman–Crippen MR) is 165 cm³/mol. The number of nitrogens with one attached hydrogen (secondary N) is 2. The summed E-state index contributed by atoms with van der Waals surface area (Å²) in [5, 5.41) is 23.4. The molecule has 41 heavy (non-hydrogen) atoms. The number of fused-ring (bicyclic) bond motifs is 1. The maximum atomic E-state index is 10.4. The molecule has 4 heterocycles.